The van der Waals surface area contributed by atoms with Crippen LogP contribution in [0.5, 0.6) is 0 Å². The largest absolute Gasteiger partial charge is 0.389 e. The summed E-state index contributed by atoms with van der Waals surface area (Å²) in [5.41, 5.74) is 6.64. The van der Waals surface area contributed by atoms with Gasteiger partial charge in [-0.1, -0.05) is 29.5 Å². The van der Waals surface area contributed by atoms with Gasteiger partial charge in [0.1, 0.15) is 4.99 Å². The highest BCUT2D eigenvalue weighted by Crippen LogP contribution is 2.05. The van der Waals surface area contributed by atoms with Gasteiger partial charge in [0.2, 0.25) is 5.89 Å². The van der Waals surface area contributed by atoms with Gasteiger partial charge in [-0.15, -0.1) is 0 Å². The highest BCUT2D eigenvalue weighted by molar-refractivity contribution is 7.80. The number of aryl methyl sites for hydroxylation is 1. The zero-order valence-corrected chi connectivity index (χ0v) is 11.0. The maximum atomic E-state index is 11.9. The summed E-state index contributed by atoms with van der Waals surface area (Å²) >= 11 is 4.86. The molecule has 0 aliphatic rings. The second kappa shape index (κ2) is 5.57. The van der Waals surface area contributed by atoms with Crippen molar-refractivity contribution < 1.29 is 9.32 Å². The van der Waals surface area contributed by atoms with Crippen LogP contribution in [0.25, 0.3) is 0 Å². The Kier molecular flexibility index (Phi) is 3.86. The third-order valence-electron chi connectivity index (χ3n) is 2.38. The van der Waals surface area contributed by atoms with Gasteiger partial charge in [0, 0.05) is 11.1 Å². The molecule has 0 spiro atoms. The fraction of sp³-hybridized carbons (Fsp3) is 0.167. The van der Waals surface area contributed by atoms with E-state index in [4.69, 9.17) is 22.5 Å². The van der Waals surface area contributed by atoms with E-state index in [1.807, 2.05) is 0 Å². The number of rotatable bonds is 4. The minimum Gasteiger partial charge on any atom is -0.389 e. The standard InChI is InChI=1S/C12H12N4O2S/c1-7-15-10(18-16-7)6-14-12(17)9-4-2-3-8(5-9)11(13)19/h2-5H,6H2,1H3,(H2,13,19)(H,14,17). The lowest BCUT2D eigenvalue weighted by Gasteiger charge is -2.04. The van der Waals surface area contributed by atoms with Gasteiger partial charge in [-0.05, 0) is 19.1 Å². The van der Waals surface area contributed by atoms with Gasteiger partial charge in [-0.25, -0.2) is 0 Å². The summed E-state index contributed by atoms with van der Waals surface area (Å²) < 4.78 is 4.90. The SMILES string of the molecule is Cc1noc(CNC(=O)c2cccc(C(N)=S)c2)n1. The van der Waals surface area contributed by atoms with Crippen molar-refractivity contribution >= 4 is 23.1 Å². The number of nitrogens with zero attached hydrogens (tertiary/aromatic N) is 2. The van der Waals surface area contributed by atoms with Crippen molar-refractivity contribution in [1.82, 2.24) is 15.5 Å². The third kappa shape index (κ3) is 3.35. The maximum Gasteiger partial charge on any atom is 0.251 e. The number of thiocarbonyl (C=S) groups is 1. The van der Waals surface area contributed by atoms with E-state index in [-0.39, 0.29) is 17.4 Å². The predicted octanol–water partition coefficient (Wildman–Crippen LogP) is 0.942. The fourth-order valence-corrected chi connectivity index (χ4v) is 1.61. The number of nitrogens with two attached hydrogens (primary N) is 1. The molecule has 1 aromatic carbocycles. The topological polar surface area (TPSA) is 94.0 Å². The van der Waals surface area contributed by atoms with Crippen molar-refractivity contribution in [3.63, 3.8) is 0 Å². The lowest BCUT2D eigenvalue weighted by Crippen LogP contribution is -2.23. The summed E-state index contributed by atoms with van der Waals surface area (Å²) in [4.78, 5) is 16.2. The van der Waals surface area contributed by atoms with E-state index in [0.717, 1.165) is 0 Å². The zero-order chi connectivity index (χ0) is 13.8. The van der Waals surface area contributed by atoms with Crippen molar-refractivity contribution in [3.05, 3.63) is 47.1 Å². The summed E-state index contributed by atoms with van der Waals surface area (Å²) in [6.07, 6.45) is 0. The molecule has 1 aromatic heterocycles. The van der Waals surface area contributed by atoms with Gasteiger partial charge in [-0.3, -0.25) is 4.79 Å². The number of nitrogens with one attached hydrogen (secondary N) is 1. The quantitative estimate of drug-likeness (QED) is 0.807. The Hall–Kier alpha value is -2.28. The fourth-order valence-electron chi connectivity index (χ4n) is 1.48. The highest BCUT2D eigenvalue weighted by atomic mass is 32.1. The van der Waals surface area contributed by atoms with E-state index < -0.39 is 0 Å². The minimum atomic E-state index is -0.256. The summed E-state index contributed by atoms with van der Waals surface area (Å²) in [5, 5.41) is 6.31. The molecule has 0 radical (unpaired) electrons. The molecule has 0 aliphatic heterocycles. The molecule has 6 nitrogen and oxygen atoms in total. The third-order valence-corrected chi connectivity index (χ3v) is 2.61. The number of hydrogen-bond donors (Lipinski definition) is 2. The van der Waals surface area contributed by atoms with E-state index in [1.54, 1.807) is 31.2 Å². The Morgan fingerprint density at radius 3 is 2.84 bits per heavy atom. The van der Waals surface area contributed by atoms with Gasteiger partial charge in [0.15, 0.2) is 5.82 Å². The van der Waals surface area contributed by atoms with Gasteiger partial charge < -0.3 is 15.6 Å². The van der Waals surface area contributed by atoms with Gasteiger partial charge in [-0.2, -0.15) is 4.98 Å². The average molecular weight is 276 g/mol. The summed E-state index contributed by atoms with van der Waals surface area (Å²) in [7, 11) is 0. The Morgan fingerprint density at radius 2 is 2.21 bits per heavy atom. The first kappa shape index (κ1) is 13.2. The number of aromatic nitrogens is 2. The number of carbonyl (C=O) groups is 1. The van der Waals surface area contributed by atoms with Crippen molar-refractivity contribution in [3.8, 4) is 0 Å². The van der Waals surface area contributed by atoms with Gasteiger partial charge >= 0.3 is 0 Å². The number of benzene rings is 1. The first-order chi connectivity index (χ1) is 9.06. The van der Waals surface area contributed by atoms with E-state index in [1.165, 1.54) is 0 Å². The molecule has 0 bridgehead atoms. The molecule has 0 aliphatic carbocycles. The van der Waals surface area contributed by atoms with Crippen molar-refractivity contribution in [1.29, 1.82) is 0 Å². The molecule has 0 atom stereocenters. The Balaban J connectivity index is 2.03. The summed E-state index contributed by atoms with van der Waals surface area (Å²) in [6, 6.07) is 6.79. The lowest BCUT2D eigenvalue weighted by atomic mass is 10.1. The minimum absolute atomic E-state index is 0.178. The molecule has 1 heterocycles. The monoisotopic (exact) mass is 276 g/mol. The molecule has 0 fully saturated rings. The van der Waals surface area contributed by atoms with E-state index in [0.29, 0.717) is 22.8 Å². The Labute approximate surface area is 115 Å². The molecule has 0 saturated heterocycles. The van der Waals surface area contributed by atoms with Crippen LogP contribution < -0.4 is 11.1 Å². The van der Waals surface area contributed by atoms with Crippen LogP contribution in [0.1, 0.15) is 27.6 Å². The second-order valence-electron chi connectivity index (χ2n) is 3.86. The number of hydrogen-bond acceptors (Lipinski definition) is 5. The molecule has 1 amide bonds. The van der Waals surface area contributed by atoms with Crippen LogP contribution >= 0.6 is 12.2 Å². The molecule has 7 heteroatoms. The summed E-state index contributed by atoms with van der Waals surface area (Å²) in [5.74, 6) is 0.630. The smallest absolute Gasteiger partial charge is 0.251 e. The van der Waals surface area contributed by atoms with Crippen LogP contribution in [0, 0.1) is 6.92 Å². The Bertz CT molecular complexity index is 624. The maximum absolute atomic E-state index is 11.9. The van der Waals surface area contributed by atoms with Crippen LogP contribution in [-0.4, -0.2) is 21.0 Å². The normalized spacial score (nSPS) is 10.2. The Morgan fingerprint density at radius 1 is 1.47 bits per heavy atom. The van der Waals surface area contributed by atoms with Crippen LogP contribution in [0.15, 0.2) is 28.8 Å². The molecule has 19 heavy (non-hydrogen) atoms. The van der Waals surface area contributed by atoms with E-state index in [9.17, 15) is 4.79 Å². The summed E-state index contributed by atoms with van der Waals surface area (Å²) in [6.45, 7) is 1.89. The first-order valence-corrected chi connectivity index (χ1v) is 5.94. The molecule has 3 N–H and O–H groups in total. The second-order valence-corrected chi connectivity index (χ2v) is 4.30. The number of carbonyl (C=O) groups excluding carboxylic acids is 1. The predicted molar refractivity (Wildman–Crippen MR) is 72.5 cm³/mol. The van der Waals surface area contributed by atoms with Crippen LogP contribution in [0.2, 0.25) is 0 Å². The van der Waals surface area contributed by atoms with Crippen molar-refractivity contribution in [2.75, 3.05) is 0 Å². The van der Waals surface area contributed by atoms with Gasteiger partial charge in [0.25, 0.3) is 5.91 Å². The molecular formula is C12H12N4O2S. The molecule has 98 valence electrons. The van der Waals surface area contributed by atoms with Crippen LogP contribution in [0.3, 0.4) is 0 Å². The van der Waals surface area contributed by atoms with Crippen molar-refractivity contribution in [2.24, 2.45) is 5.73 Å². The van der Waals surface area contributed by atoms with E-state index >= 15 is 0 Å². The first-order valence-electron chi connectivity index (χ1n) is 5.53. The van der Waals surface area contributed by atoms with Gasteiger partial charge in [0.05, 0.1) is 6.54 Å². The average Bonchev–Trinajstić information content (AvgIpc) is 2.82. The molecule has 0 unspecified atom stereocenters. The highest BCUT2D eigenvalue weighted by Gasteiger charge is 2.09. The lowest BCUT2D eigenvalue weighted by molar-refractivity contribution is 0.0946. The number of amides is 1. The van der Waals surface area contributed by atoms with Crippen LogP contribution in [0.4, 0.5) is 0 Å². The van der Waals surface area contributed by atoms with E-state index in [2.05, 4.69) is 15.5 Å². The molecule has 2 aromatic rings. The zero-order valence-electron chi connectivity index (χ0n) is 10.2. The molecule has 0 saturated carbocycles. The molecular weight excluding hydrogens is 264 g/mol. The van der Waals surface area contributed by atoms with Crippen LogP contribution in [-0.2, 0) is 6.54 Å². The molecule has 2 rings (SSSR count). The van der Waals surface area contributed by atoms with Crippen molar-refractivity contribution in [2.45, 2.75) is 13.5 Å².